The summed E-state index contributed by atoms with van der Waals surface area (Å²) in [5, 5.41) is 2.73. The van der Waals surface area contributed by atoms with Gasteiger partial charge in [-0.2, -0.15) is 0 Å². The third-order valence-electron chi connectivity index (χ3n) is 3.96. The molecular weight excluding hydrogens is 380 g/mol. The van der Waals surface area contributed by atoms with Gasteiger partial charge in [0.15, 0.2) is 6.61 Å². The molecule has 2 N–H and O–H groups in total. The maximum Gasteiger partial charge on any atom is 0.258 e. The molecule has 0 saturated heterocycles. The van der Waals surface area contributed by atoms with E-state index < -0.39 is 10.0 Å². The van der Waals surface area contributed by atoms with E-state index >= 15 is 0 Å². The fraction of sp³-hybridized carbons (Fsp3) is 0.350. The molecule has 0 fully saturated rings. The molecule has 0 aliphatic rings. The summed E-state index contributed by atoms with van der Waals surface area (Å²) in [6.45, 7) is 3.86. The van der Waals surface area contributed by atoms with Crippen molar-refractivity contribution in [3.8, 4) is 5.75 Å². The van der Waals surface area contributed by atoms with Crippen LogP contribution in [-0.4, -0.2) is 40.7 Å². The first-order chi connectivity index (χ1) is 13.3. The van der Waals surface area contributed by atoms with E-state index in [0.717, 1.165) is 5.56 Å². The fourth-order valence-corrected chi connectivity index (χ4v) is 3.81. The zero-order valence-corrected chi connectivity index (χ0v) is 17.0. The molecule has 7 nitrogen and oxygen atoms in total. The number of hydrogen-bond acceptors (Lipinski definition) is 5. The van der Waals surface area contributed by atoms with Crippen molar-refractivity contribution in [1.29, 1.82) is 0 Å². The Morgan fingerprint density at radius 2 is 1.68 bits per heavy atom. The molecule has 28 heavy (non-hydrogen) atoms. The van der Waals surface area contributed by atoms with E-state index in [1.807, 2.05) is 37.3 Å². The predicted octanol–water partition coefficient (Wildman–Crippen LogP) is 2.26. The van der Waals surface area contributed by atoms with Gasteiger partial charge in [0.1, 0.15) is 5.75 Å². The van der Waals surface area contributed by atoms with Crippen LogP contribution in [0.3, 0.4) is 0 Å². The highest BCUT2D eigenvalue weighted by Crippen LogP contribution is 2.19. The minimum absolute atomic E-state index is 0.119. The maximum absolute atomic E-state index is 12.5. The normalized spacial score (nSPS) is 13.5. The van der Waals surface area contributed by atoms with Gasteiger partial charge in [0.25, 0.3) is 5.91 Å². The van der Waals surface area contributed by atoms with Gasteiger partial charge in [-0.15, -0.1) is 0 Å². The van der Waals surface area contributed by atoms with Gasteiger partial charge in [0, 0.05) is 19.2 Å². The second-order valence-corrected chi connectivity index (χ2v) is 8.15. The van der Waals surface area contributed by atoms with Crippen molar-refractivity contribution in [3.05, 3.63) is 60.2 Å². The van der Waals surface area contributed by atoms with Gasteiger partial charge in [-0.05, 0) is 43.7 Å². The molecule has 0 heterocycles. The molecule has 2 aromatic rings. The van der Waals surface area contributed by atoms with Crippen molar-refractivity contribution in [2.45, 2.75) is 30.8 Å². The number of methoxy groups -OCH3 is 1. The van der Waals surface area contributed by atoms with Gasteiger partial charge in [0.2, 0.25) is 10.0 Å². The highest BCUT2D eigenvalue weighted by Gasteiger charge is 2.18. The van der Waals surface area contributed by atoms with Crippen molar-refractivity contribution in [1.82, 2.24) is 10.0 Å². The molecule has 0 aliphatic heterocycles. The number of carbonyl (C=O) groups is 1. The Morgan fingerprint density at radius 3 is 2.29 bits per heavy atom. The molecule has 8 heteroatoms. The Kier molecular flexibility index (Phi) is 7.98. The first kappa shape index (κ1) is 21.9. The van der Waals surface area contributed by atoms with Crippen LogP contribution in [0.1, 0.15) is 25.5 Å². The van der Waals surface area contributed by atoms with E-state index in [4.69, 9.17) is 9.47 Å². The predicted molar refractivity (Wildman–Crippen MR) is 107 cm³/mol. The molecule has 0 bridgehead atoms. The topological polar surface area (TPSA) is 93.7 Å². The quantitative estimate of drug-likeness (QED) is 0.631. The van der Waals surface area contributed by atoms with Crippen LogP contribution in [-0.2, 0) is 19.6 Å². The van der Waals surface area contributed by atoms with Gasteiger partial charge in [-0.3, -0.25) is 4.79 Å². The number of nitrogens with one attached hydrogen (secondary N) is 2. The van der Waals surface area contributed by atoms with Crippen LogP contribution in [0, 0.1) is 0 Å². The van der Waals surface area contributed by atoms with E-state index in [1.165, 1.54) is 24.3 Å². The third-order valence-corrected chi connectivity index (χ3v) is 5.52. The second-order valence-electron chi connectivity index (χ2n) is 6.44. The van der Waals surface area contributed by atoms with E-state index in [-0.39, 0.29) is 29.5 Å². The summed E-state index contributed by atoms with van der Waals surface area (Å²) in [6.07, 6.45) is 0. The third kappa shape index (κ3) is 6.63. The van der Waals surface area contributed by atoms with Crippen molar-refractivity contribution in [2.75, 3.05) is 20.3 Å². The Labute approximate surface area is 166 Å². The molecule has 0 unspecified atom stereocenters. The summed E-state index contributed by atoms with van der Waals surface area (Å²) in [5.41, 5.74) is 0.875. The van der Waals surface area contributed by atoms with Crippen LogP contribution in [0.15, 0.2) is 59.5 Å². The summed E-state index contributed by atoms with van der Waals surface area (Å²) in [6, 6.07) is 14.8. The number of sulfonamides is 1. The zero-order chi connectivity index (χ0) is 20.6. The molecule has 0 spiro atoms. The second kappa shape index (κ2) is 10.2. The Morgan fingerprint density at radius 1 is 1.04 bits per heavy atom. The molecule has 1 amide bonds. The van der Waals surface area contributed by atoms with Crippen LogP contribution in [0.2, 0.25) is 0 Å². The number of carbonyl (C=O) groups excluding carboxylic acids is 1. The lowest BCUT2D eigenvalue weighted by atomic mass is 10.1. The van der Waals surface area contributed by atoms with Crippen molar-refractivity contribution in [3.63, 3.8) is 0 Å². The van der Waals surface area contributed by atoms with Crippen molar-refractivity contribution >= 4 is 15.9 Å². The minimum atomic E-state index is -3.68. The Hall–Kier alpha value is -2.42. The van der Waals surface area contributed by atoms with Crippen LogP contribution in [0.5, 0.6) is 5.75 Å². The summed E-state index contributed by atoms with van der Waals surface area (Å²) < 4.78 is 38.1. The zero-order valence-electron chi connectivity index (χ0n) is 16.2. The van der Waals surface area contributed by atoms with Crippen LogP contribution >= 0.6 is 0 Å². The number of ether oxygens (including phenoxy) is 2. The first-order valence-corrected chi connectivity index (χ1v) is 10.4. The summed E-state index contributed by atoms with van der Waals surface area (Å²) >= 11 is 0. The highest BCUT2D eigenvalue weighted by molar-refractivity contribution is 7.89. The number of rotatable bonds is 10. The highest BCUT2D eigenvalue weighted by atomic mass is 32.2. The SMILES string of the molecule is COC[C@H](C)NC(=O)COc1ccc(S(=O)(=O)N[C@@H](C)c2ccccc2)cc1. The molecule has 2 rings (SSSR count). The number of hydrogen-bond donors (Lipinski definition) is 2. The van der Waals surface area contributed by atoms with Gasteiger partial charge in [0.05, 0.1) is 11.5 Å². The maximum atomic E-state index is 12.5. The molecule has 0 aromatic heterocycles. The van der Waals surface area contributed by atoms with E-state index in [1.54, 1.807) is 14.0 Å². The van der Waals surface area contributed by atoms with Gasteiger partial charge >= 0.3 is 0 Å². The number of benzene rings is 2. The van der Waals surface area contributed by atoms with Gasteiger partial charge < -0.3 is 14.8 Å². The van der Waals surface area contributed by atoms with E-state index in [9.17, 15) is 13.2 Å². The molecular formula is C20H26N2O5S. The molecule has 152 valence electrons. The lowest BCUT2D eigenvalue weighted by Gasteiger charge is -2.15. The molecule has 2 aromatic carbocycles. The molecule has 0 saturated carbocycles. The smallest absolute Gasteiger partial charge is 0.258 e. The average Bonchev–Trinajstić information content (AvgIpc) is 2.67. The fourth-order valence-electron chi connectivity index (χ4n) is 2.58. The average molecular weight is 407 g/mol. The van der Waals surface area contributed by atoms with Crippen molar-refractivity contribution < 1.29 is 22.7 Å². The number of amides is 1. The lowest BCUT2D eigenvalue weighted by Crippen LogP contribution is -2.38. The summed E-state index contributed by atoms with van der Waals surface area (Å²) in [7, 11) is -2.12. The molecule has 2 atom stereocenters. The van der Waals surface area contributed by atoms with Crippen LogP contribution < -0.4 is 14.8 Å². The Bertz CT molecular complexity index is 854. The lowest BCUT2D eigenvalue weighted by molar-refractivity contribution is -0.124. The molecule has 0 radical (unpaired) electrons. The van der Waals surface area contributed by atoms with Crippen molar-refractivity contribution in [2.24, 2.45) is 0 Å². The monoisotopic (exact) mass is 406 g/mol. The summed E-state index contributed by atoms with van der Waals surface area (Å²) in [5.74, 6) is 0.129. The largest absolute Gasteiger partial charge is 0.484 e. The van der Waals surface area contributed by atoms with Crippen LogP contribution in [0.25, 0.3) is 0 Å². The standard InChI is InChI=1S/C20H26N2O5S/c1-15(13-26-3)21-20(23)14-27-18-9-11-19(12-10-18)28(24,25)22-16(2)17-7-5-4-6-8-17/h4-12,15-16,22H,13-14H2,1-3H3,(H,21,23)/t15-,16-/m0/s1. The Balaban J connectivity index is 1.93. The minimum Gasteiger partial charge on any atom is -0.484 e. The van der Waals surface area contributed by atoms with Crippen LogP contribution in [0.4, 0.5) is 0 Å². The van der Waals surface area contributed by atoms with E-state index in [0.29, 0.717) is 12.4 Å². The molecule has 0 aliphatic carbocycles. The summed E-state index contributed by atoms with van der Waals surface area (Å²) in [4.78, 5) is 11.9. The first-order valence-electron chi connectivity index (χ1n) is 8.90. The van der Waals surface area contributed by atoms with Gasteiger partial charge in [-0.25, -0.2) is 13.1 Å². The van der Waals surface area contributed by atoms with E-state index in [2.05, 4.69) is 10.0 Å². The van der Waals surface area contributed by atoms with Gasteiger partial charge in [-0.1, -0.05) is 30.3 Å².